The van der Waals surface area contributed by atoms with E-state index >= 15 is 0 Å². The van der Waals surface area contributed by atoms with E-state index in [1.54, 1.807) is 6.08 Å². The molecule has 0 radical (unpaired) electrons. The molecule has 2 N–H and O–H groups in total. The molecule has 0 saturated carbocycles. The fraction of sp³-hybridized carbons (Fsp3) is 0.524. The third-order valence-electron chi connectivity index (χ3n) is 5.20. The van der Waals surface area contributed by atoms with Gasteiger partial charge in [0.25, 0.3) is 0 Å². The molecule has 1 heterocycles. The third kappa shape index (κ3) is 5.31. The number of anilines is 1. The number of carbonyl (C=O) groups is 1. The Hall–Kier alpha value is -1.88. The van der Waals surface area contributed by atoms with Gasteiger partial charge in [-0.15, -0.1) is 0 Å². The molecule has 1 aliphatic carbocycles. The molecule has 0 spiro atoms. The Morgan fingerprint density at radius 1 is 1.19 bits per heavy atom. The molecule has 3 rings (SSSR count). The normalized spacial score (nSPS) is 20.5. The summed E-state index contributed by atoms with van der Waals surface area (Å²) in [5, 5.41) is 7.66. The molecule has 5 heteroatoms. The van der Waals surface area contributed by atoms with Gasteiger partial charge in [0, 0.05) is 43.5 Å². The predicted octanol–water partition coefficient (Wildman–Crippen LogP) is 3.96. The molecule has 0 unspecified atom stereocenters. The molecule has 0 bridgehead atoms. The van der Waals surface area contributed by atoms with E-state index in [2.05, 4.69) is 29.4 Å². The van der Waals surface area contributed by atoms with Gasteiger partial charge in [0.1, 0.15) is 0 Å². The highest BCUT2D eigenvalue weighted by molar-refractivity contribution is 7.80. The smallest absolute Gasteiger partial charge is 0.173 e. The van der Waals surface area contributed by atoms with Crippen molar-refractivity contribution in [3.8, 4) is 0 Å². The van der Waals surface area contributed by atoms with Crippen molar-refractivity contribution in [2.24, 2.45) is 11.3 Å². The fourth-order valence-electron chi connectivity index (χ4n) is 3.80. The van der Waals surface area contributed by atoms with Crippen LogP contribution in [-0.2, 0) is 4.79 Å². The van der Waals surface area contributed by atoms with Crippen LogP contribution >= 0.6 is 12.2 Å². The van der Waals surface area contributed by atoms with Gasteiger partial charge in [-0.25, -0.2) is 0 Å². The molecule has 1 fully saturated rings. The van der Waals surface area contributed by atoms with Crippen LogP contribution in [0.4, 0.5) is 5.69 Å². The molecule has 1 aromatic rings. The average molecular weight is 372 g/mol. The summed E-state index contributed by atoms with van der Waals surface area (Å²) in [6.07, 6.45) is 5.66. The molecular formula is C21H29N3OS. The fourth-order valence-corrected chi connectivity index (χ4v) is 4.10. The first kappa shape index (κ1) is 18.9. The van der Waals surface area contributed by atoms with E-state index in [0.717, 1.165) is 55.4 Å². The molecule has 140 valence electrons. The van der Waals surface area contributed by atoms with E-state index in [9.17, 15) is 4.79 Å². The quantitative estimate of drug-likeness (QED) is 0.785. The maximum Gasteiger partial charge on any atom is 0.173 e. The molecule has 1 saturated heterocycles. The number of ketones is 1. The number of hydrogen-bond donors (Lipinski definition) is 2. The predicted molar refractivity (Wildman–Crippen MR) is 111 cm³/mol. The highest BCUT2D eigenvalue weighted by Crippen LogP contribution is 2.32. The second-order valence-electron chi connectivity index (χ2n) is 8.26. The first-order chi connectivity index (χ1) is 12.4. The van der Waals surface area contributed by atoms with E-state index in [-0.39, 0.29) is 11.2 Å². The number of thiocarbonyl (C=S) groups is 1. The van der Waals surface area contributed by atoms with Crippen molar-refractivity contribution in [1.29, 1.82) is 0 Å². The Kier molecular flexibility index (Phi) is 5.97. The van der Waals surface area contributed by atoms with E-state index in [1.807, 2.05) is 30.3 Å². The molecule has 1 aromatic carbocycles. The van der Waals surface area contributed by atoms with Crippen LogP contribution < -0.4 is 10.6 Å². The number of nitrogens with one attached hydrogen (secondary N) is 2. The van der Waals surface area contributed by atoms with Crippen molar-refractivity contribution >= 4 is 28.8 Å². The minimum atomic E-state index is 0.0762. The number of rotatable bonds is 4. The number of benzene rings is 1. The number of hydrogen-bond acceptors (Lipinski definition) is 3. The first-order valence-corrected chi connectivity index (χ1v) is 9.90. The number of likely N-dealkylation sites (tertiary alicyclic amines) is 1. The third-order valence-corrected chi connectivity index (χ3v) is 5.56. The Bertz CT molecular complexity index is 676. The van der Waals surface area contributed by atoms with Gasteiger partial charge in [-0.3, -0.25) is 4.79 Å². The van der Waals surface area contributed by atoms with Crippen molar-refractivity contribution in [2.45, 2.75) is 39.5 Å². The molecule has 26 heavy (non-hydrogen) atoms. The Morgan fingerprint density at radius 3 is 2.54 bits per heavy atom. The van der Waals surface area contributed by atoms with E-state index in [0.29, 0.717) is 12.3 Å². The zero-order valence-corrected chi connectivity index (χ0v) is 16.6. The summed E-state index contributed by atoms with van der Waals surface area (Å²) >= 11 is 5.55. The summed E-state index contributed by atoms with van der Waals surface area (Å²) in [7, 11) is 0. The standard InChI is InChI=1S/C21H29N3OS/c1-21(2)13-18(12-19(25)14-21)22-15-16-8-10-24(11-9-16)20(26)23-17-6-4-3-5-7-17/h3-7,12,16,22H,8-11,13-15H2,1-2H3,(H,23,26). The van der Waals surface area contributed by atoms with Gasteiger partial charge < -0.3 is 15.5 Å². The Labute approximate surface area is 162 Å². The summed E-state index contributed by atoms with van der Waals surface area (Å²) in [5.41, 5.74) is 2.22. The highest BCUT2D eigenvalue weighted by Gasteiger charge is 2.28. The van der Waals surface area contributed by atoms with Gasteiger partial charge in [-0.2, -0.15) is 0 Å². The number of allylic oxidation sites excluding steroid dienone is 2. The summed E-state index contributed by atoms with van der Waals surface area (Å²) in [6.45, 7) is 7.24. The second-order valence-corrected chi connectivity index (χ2v) is 8.65. The number of carbonyl (C=O) groups excluding carboxylic acids is 1. The average Bonchev–Trinajstić information content (AvgIpc) is 2.59. The van der Waals surface area contributed by atoms with Crippen LogP contribution in [0.15, 0.2) is 42.1 Å². The van der Waals surface area contributed by atoms with Crippen LogP contribution in [0, 0.1) is 11.3 Å². The lowest BCUT2D eigenvalue weighted by Gasteiger charge is -2.35. The van der Waals surface area contributed by atoms with Gasteiger partial charge in [-0.05, 0) is 54.9 Å². The van der Waals surface area contributed by atoms with E-state index < -0.39 is 0 Å². The van der Waals surface area contributed by atoms with Crippen LogP contribution in [0.2, 0.25) is 0 Å². The van der Waals surface area contributed by atoms with Crippen molar-refractivity contribution in [2.75, 3.05) is 25.0 Å². The SMILES string of the molecule is CC1(C)CC(=O)C=C(NCC2CCN(C(=S)Nc3ccccc3)CC2)C1. The topological polar surface area (TPSA) is 44.4 Å². The first-order valence-electron chi connectivity index (χ1n) is 9.49. The number of nitrogens with zero attached hydrogens (tertiary/aromatic N) is 1. The van der Waals surface area contributed by atoms with Crippen molar-refractivity contribution in [3.05, 3.63) is 42.1 Å². The van der Waals surface area contributed by atoms with Crippen LogP contribution in [0.1, 0.15) is 39.5 Å². The molecule has 1 aliphatic heterocycles. The summed E-state index contributed by atoms with van der Waals surface area (Å²) in [5.74, 6) is 0.878. The minimum Gasteiger partial charge on any atom is -0.388 e. The van der Waals surface area contributed by atoms with Gasteiger partial charge in [0.2, 0.25) is 0 Å². The van der Waals surface area contributed by atoms with Crippen LogP contribution in [0.5, 0.6) is 0 Å². The maximum absolute atomic E-state index is 11.9. The van der Waals surface area contributed by atoms with Crippen LogP contribution in [0.25, 0.3) is 0 Å². The van der Waals surface area contributed by atoms with Gasteiger partial charge >= 0.3 is 0 Å². The lowest BCUT2D eigenvalue weighted by atomic mass is 9.79. The van der Waals surface area contributed by atoms with Crippen LogP contribution in [0.3, 0.4) is 0 Å². The van der Waals surface area contributed by atoms with E-state index in [4.69, 9.17) is 12.2 Å². The van der Waals surface area contributed by atoms with Crippen molar-refractivity contribution in [1.82, 2.24) is 10.2 Å². The van der Waals surface area contributed by atoms with E-state index in [1.165, 1.54) is 0 Å². The molecule has 4 nitrogen and oxygen atoms in total. The Balaban J connectivity index is 1.43. The Morgan fingerprint density at radius 2 is 1.88 bits per heavy atom. The summed E-state index contributed by atoms with van der Waals surface area (Å²) in [4.78, 5) is 14.1. The van der Waals surface area contributed by atoms with Crippen molar-refractivity contribution < 1.29 is 4.79 Å². The monoisotopic (exact) mass is 371 g/mol. The van der Waals surface area contributed by atoms with Gasteiger partial charge in [-0.1, -0.05) is 32.0 Å². The molecule has 2 aliphatic rings. The maximum atomic E-state index is 11.9. The van der Waals surface area contributed by atoms with Crippen molar-refractivity contribution in [3.63, 3.8) is 0 Å². The number of piperidine rings is 1. The molecule has 0 amide bonds. The summed E-state index contributed by atoms with van der Waals surface area (Å²) in [6, 6.07) is 10.1. The second kappa shape index (κ2) is 8.21. The summed E-state index contributed by atoms with van der Waals surface area (Å²) < 4.78 is 0. The lowest BCUT2D eigenvalue weighted by molar-refractivity contribution is -0.117. The zero-order valence-electron chi connectivity index (χ0n) is 15.8. The number of para-hydroxylation sites is 1. The van der Waals surface area contributed by atoms with Gasteiger partial charge in [0.15, 0.2) is 10.9 Å². The highest BCUT2D eigenvalue weighted by atomic mass is 32.1. The molecule has 0 aromatic heterocycles. The molecular weight excluding hydrogens is 342 g/mol. The zero-order chi connectivity index (χ0) is 18.6. The minimum absolute atomic E-state index is 0.0762. The largest absolute Gasteiger partial charge is 0.388 e. The molecule has 0 atom stereocenters. The van der Waals surface area contributed by atoms with Gasteiger partial charge in [0.05, 0.1) is 0 Å². The van der Waals surface area contributed by atoms with Crippen LogP contribution in [-0.4, -0.2) is 35.4 Å². The lowest BCUT2D eigenvalue weighted by Crippen LogP contribution is -2.42.